The molecular formula is C19H29N3O4S. The zero-order valence-electron chi connectivity index (χ0n) is 16.1. The number of benzene rings is 1. The summed E-state index contributed by atoms with van der Waals surface area (Å²) in [4.78, 5) is 15.0. The second-order valence-electron chi connectivity index (χ2n) is 7.73. The summed E-state index contributed by atoms with van der Waals surface area (Å²) in [5.74, 6) is -0.193. The van der Waals surface area contributed by atoms with Crippen LogP contribution in [0.25, 0.3) is 0 Å². The van der Waals surface area contributed by atoms with Crippen molar-refractivity contribution < 1.29 is 17.9 Å². The van der Waals surface area contributed by atoms with Gasteiger partial charge in [0.15, 0.2) is 0 Å². The second-order valence-corrected chi connectivity index (χ2v) is 9.67. The van der Waals surface area contributed by atoms with Gasteiger partial charge in [0.2, 0.25) is 10.0 Å². The van der Waals surface area contributed by atoms with Crippen LogP contribution in [0.4, 0.5) is 0 Å². The van der Waals surface area contributed by atoms with Gasteiger partial charge in [-0.25, -0.2) is 8.42 Å². The molecule has 2 fully saturated rings. The third-order valence-corrected chi connectivity index (χ3v) is 7.28. The van der Waals surface area contributed by atoms with Crippen LogP contribution in [0.2, 0.25) is 0 Å². The molecule has 3 rings (SSSR count). The van der Waals surface area contributed by atoms with Gasteiger partial charge < -0.3 is 10.1 Å². The maximum Gasteiger partial charge on any atom is 0.251 e. The predicted octanol–water partition coefficient (Wildman–Crippen LogP) is 1.31. The van der Waals surface area contributed by atoms with E-state index in [4.69, 9.17) is 4.74 Å². The third kappa shape index (κ3) is 4.68. The number of hydrogen-bond acceptors (Lipinski definition) is 5. The molecule has 150 valence electrons. The van der Waals surface area contributed by atoms with Crippen LogP contribution in [0, 0.1) is 0 Å². The van der Waals surface area contributed by atoms with Gasteiger partial charge in [0.05, 0.1) is 18.1 Å². The lowest BCUT2D eigenvalue weighted by Crippen LogP contribution is -2.55. The van der Waals surface area contributed by atoms with Crippen molar-refractivity contribution in [2.45, 2.75) is 37.1 Å². The predicted molar refractivity (Wildman–Crippen MR) is 103 cm³/mol. The number of carbonyl (C=O) groups is 1. The van der Waals surface area contributed by atoms with Crippen LogP contribution >= 0.6 is 0 Å². The van der Waals surface area contributed by atoms with Crippen molar-refractivity contribution in [1.29, 1.82) is 0 Å². The fraction of sp³-hybridized carbons (Fsp3) is 0.632. The normalized spacial score (nSPS) is 19.9. The highest BCUT2D eigenvalue weighted by Gasteiger charge is 2.29. The van der Waals surface area contributed by atoms with E-state index in [1.807, 2.05) is 0 Å². The smallest absolute Gasteiger partial charge is 0.251 e. The first-order chi connectivity index (χ1) is 12.8. The van der Waals surface area contributed by atoms with E-state index in [-0.39, 0.29) is 16.3 Å². The van der Waals surface area contributed by atoms with Crippen LogP contribution in [0.15, 0.2) is 29.2 Å². The number of hydrogen-bond donors (Lipinski definition) is 1. The molecule has 8 heteroatoms. The van der Waals surface area contributed by atoms with Crippen molar-refractivity contribution in [3.63, 3.8) is 0 Å². The molecular weight excluding hydrogens is 366 g/mol. The summed E-state index contributed by atoms with van der Waals surface area (Å²) in [5.41, 5.74) is 0.298. The van der Waals surface area contributed by atoms with E-state index in [1.165, 1.54) is 16.4 Å². The number of carbonyl (C=O) groups excluding carboxylic acids is 1. The number of morpholine rings is 1. The van der Waals surface area contributed by atoms with Crippen molar-refractivity contribution >= 4 is 15.9 Å². The molecule has 0 aromatic heterocycles. The van der Waals surface area contributed by atoms with Crippen molar-refractivity contribution in [3.8, 4) is 0 Å². The van der Waals surface area contributed by atoms with E-state index in [9.17, 15) is 13.2 Å². The standard InChI is InChI=1S/C19H29N3O4S/c1-19(2,21-11-13-26-14-12-21)15-20-18(23)16-5-7-17(8-6-16)27(24,25)22-9-3-4-10-22/h5-8H,3-4,9-15H2,1-2H3,(H,20,23). The Kier molecular flexibility index (Phi) is 6.20. The highest BCUT2D eigenvalue weighted by molar-refractivity contribution is 7.89. The van der Waals surface area contributed by atoms with Crippen LogP contribution in [-0.4, -0.2) is 75.0 Å². The molecule has 2 aliphatic rings. The van der Waals surface area contributed by atoms with Gasteiger partial charge in [-0.05, 0) is 51.0 Å². The Morgan fingerprint density at radius 2 is 1.67 bits per heavy atom. The Balaban J connectivity index is 1.60. The van der Waals surface area contributed by atoms with Crippen molar-refractivity contribution in [1.82, 2.24) is 14.5 Å². The number of rotatable bonds is 6. The molecule has 2 saturated heterocycles. The Morgan fingerprint density at radius 1 is 1.07 bits per heavy atom. The molecule has 27 heavy (non-hydrogen) atoms. The van der Waals surface area contributed by atoms with Gasteiger partial charge in [0, 0.05) is 43.8 Å². The Morgan fingerprint density at radius 3 is 2.26 bits per heavy atom. The van der Waals surface area contributed by atoms with E-state index < -0.39 is 10.0 Å². The molecule has 0 radical (unpaired) electrons. The largest absolute Gasteiger partial charge is 0.379 e. The monoisotopic (exact) mass is 395 g/mol. The molecule has 2 aliphatic heterocycles. The lowest BCUT2D eigenvalue weighted by Gasteiger charge is -2.40. The number of ether oxygens (including phenoxy) is 1. The molecule has 1 amide bonds. The number of nitrogens with one attached hydrogen (secondary N) is 1. The molecule has 0 spiro atoms. The molecule has 7 nitrogen and oxygen atoms in total. The lowest BCUT2D eigenvalue weighted by molar-refractivity contribution is -0.00923. The molecule has 0 saturated carbocycles. The highest BCUT2D eigenvalue weighted by atomic mass is 32.2. The van der Waals surface area contributed by atoms with Crippen molar-refractivity contribution in [3.05, 3.63) is 29.8 Å². The Labute approximate surface area is 161 Å². The first kappa shape index (κ1) is 20.3. The van der Waals surface area contributed by atoms with Gasteiger partial charge >= 0.3 is 0 Å². The molecule has 0 unspecified atom stereocenters. The minimum Gasteiger partial charge on any atom is -0.379 e. The molecule has 1 aromatic rings. The molecule has 2 heterocycles. The molecule has 1 N–H and O–H groups in total. The van der Waals surface area contributed by atoms with Crippen LogP contribution in [0.3, 0.4) is 0 Å². The maximum atomic E-state index is 12.6. The molecule has 0 aliphatic carbocycles. The molecule has 0 bridgehead atoms. The van der Waals surface area contributed by atoms with E-state index in [1.54, 1.807) is 12.1 Å². The van der Waals surface area contributed by atoms with E-state index >= 15 is 0 Å². The number of amides is 1. The summed E-state index contributed by atoms with van der Waals surface area (Å²) in [6, 6.07) is 6.21. The zero-order chi connectivity index (χ0) is 19.5. The number of nitrogens with zero attached hydrogens (tertiary/aromatic N) is 2. The SMILES string of the molecule is CC(C)(CNC(=O)c1ccc(S(=O)(=O)N2CCCC2)cc1)N1CCOCC1. The highest BCUT2D eigenvalue weighted by Crippen LogP contribution is 2.21. The first-order valence-electron chi connectivity index (χ1n) is 9.52. The lowest BCUT2D eigenvalue weighted by atomic mass is 10.0. The Bertz CT molecular complexity index is 750. The van der Waals surface area contributed by atoms with Gasteiger partial charge in [-0.3, -0.25) is 9.69 Å². The minimum absolute atomic E-state index is 0.168. The second kappa shape index (κ2) is 8.26. The summed E-state index contributed by atoms with van der Waals surface area (Å²) >= 11 is 0. The van der Waals surface area contributed by atoms with Gasteiger partial charge in [-0.2, -0.15) is 4.31 Å². The molecule has 0 atom stereocenters. The van der Waals surface area contributed by atoms with Crippen LogP contribution in [0.1, 0.15) is 37.0 Å². The molecule has 1 aromatic carbocycles. The number of sulfonamides is 1. The quantitative estimate of drug-likeness (QED) is 0.786. The van der Waals surface area contributed by atoms with Gasteiger partial charge in [-0.1, -0.05) is 0 Å². The Hall–Kier alpha value is -1.48. The van der Waals surface area contributed by atoms with Gasteiger partial charge in [0.1, 0.15) is 0 Å². The van der Waals surface area contributed by atoms with E-state index in [0.717, 1.165) is 25.9 Å². The fourth-order valence-electron chi connectivity index (χ4n) is 3.53. The summed E-state index contributed by atoms with van der Waals surface area (Å²) in [6.07, 6.45) is 1.80. The van der Waals surface area contributed by atoms with Crippen LogP contribution in [0.5, 0.6) is 0 Å². The van der Waals surface area contributed by atoms with E-state index in [0.29, 0.717) is 38.4 Å². The van der Waals surface area contributed by atoms with Crippen LogP contribution < -0.4 is 5.32 Å². The summed E-state index contributed by atoms with van der Waals surface area (Å²) in [7, 11) is -3.45. The average molecular weight is 396 g/mol. The average Bonchev–Trinajstić information content (AvgIpc) is 3.23. The van der Waals surface area contributed by atoms with Gasteiger partial charge in [-0.15, -0.1) is 0 Å². The topological polar surface area (TPSA) is 79.0 Å². The third-order valence-electron chi connectivity index (χ3n) is 5.37. The zero-order valence-corrected chi connectivity index (χ0v) is 16.9. The van der Waals surface area contributed by atoms with E-state index in [2.05, 4.69) is 24.1 Å². The van der Waals surface area contributed by atoms with Gasteiger partial charge in [0.25, 0.3) is 5.91 Å². The van der Waals surface area contributed by atoms with Crippen LogP contribution in [-0.2, 0) is 14.8 Å². The summed E-state index contributed by atoms with van der Waals surface area (Å²) in [5, 5.41) is 2.97. The van der Waals surface area contributed by atoms with Crippen molar-refractivity contribution in [2.75, 3.05) is 45.9 Å². The maximum absolute atomic E-state index is 12.6. The summed E-state index contributed by atoms with van der Waals surface area (Å²) < 4.78 is 32.0. The minimum atomic E-state index is -3.45. The summed E-state index contributed by atoms with van der Waals surface area (Å²) in [6.45, 7) is 8.99. The van der Waals surface area contributed by atoms with Crippen molar-refractivity contribution in [2.24, 2.45) is 0 Å². The fourth-order valence-corrected chi connectivity index (χ4v) is 5.05. The first-order valence-corrected chi connectivity index (χ1v) is 11.0.